The highest BCUT2D eigenvalue weighted by molar-refractivity contribution is 5.99. The fourth-order valence-electron chi connectivity index (χ4n) is 4.65. The number of carbonyl (C=O) groups is 1. The predicted molar refractivity (Wildman–Crippen MR) is 96.4 cm³/mol. The summed E-state index contributed by atoms with van der Waals surface area (Å²) in [6, 6.07) is -0.502. The van der Waals surface area contributed by atoms with Gasteiger partial charge < -0.3 is 20.4 Å². The molecule has 27 heavy (non-hydrogen) atoms. The van der Waals surface area contributed by atoms with Gasteiger partial charge in [0.05, 0.1) is 12.1 Å². The number of rotatable bonds is 2. The molecule has 1 aromatic rings. The van der Waals surface area contributed by atoms with Crippen LogP contribution in [0.5, 0.6) is 0 Å². The normalized spacial score (nSPS) is 28.6. The van der Waals surface area contributed by atoms with Crippen molar-refractivity contribution in [1.29, 1.82) is 0 Å². The van der Waals surface area contributed by atoms with Gasteiger partial charge in [-0.15, -0.1) is 0 Å². The topological polar surface area (TPSA) is 47.6 Å². The van der Waals surface area contributed by atoms with E-state index in [1.165, 1.54) is 4.90 Å². The Labute approximate surface area is 156 Å². The number of hydrogen-bond donors (Lipinski definition) is 2. The Bertz CT molecular complexity index is 756. The molecular weight excluding hydrogens is 357 g/mol. The molecule has 3 heterocycles. The maximum absolute atomic E-state index is 15.4. The van der Waals surface area contributed by atoms with Gasteiger partial charge in [-0.25, -0.2) is 13.2 Å². The number of benzene rings is 1. The largest absolute Gasteiger partial charge is 0.359 e. The zero-order chi connectivity index (χ0) is 19.3. The molecule has 0 radical (unpaired) electrons. The Morgan fingerprint density at radius 1 is 0.963 bits per heavy atom. The van der Waals surface area contributed by atoms with E-state index >= 15 is 4.39 Å². The van der Waals surface area contributed by atoms with Gasteiger partial charge >= 0.3 is 0 Å². The average molecular weight is 382 g/mol. The summed E-state index contributed by atoms with van der Waals surface area (Å²) in [4.78, 5) is 15.8. The van der Waals surface area contributed by atoms with Gasteiger partial charge in [0, 0.05) is 43.3 Å². The zero-order valence-corrected chi connectivity index (χ0v) is 15.6. The highest BCUT2D eigenvalue weighted by Gasteiger charge is 2.42. The molecule has 4 rings (SSSR count). The summed E-state index contributed by atoms with van der Waals surface area (Å²) in [6.07, 6.45) is 1.67. The van der Waals surface area contributed by atoms with Crippen LogP contribution in [0.1, 0.15) is 42.6 Å². The molecule has 0 spiro atoms. The Kier molecular flexibility index (Phi) is 4.80. The SMILES string of the molecule is CC1CNCC(C)N1c1c(F)c(F)c2c(c1F)CN(C1CCCNC1)C2=O. The lowest BCUT2D eigenvalue weighted by molar-refractivity contribution is 0.0670. The van der Waals surface area contributed by atoms with Crippen LogP contribution in [-0.4, -0.2) is 55.1 Å². The van der Waals surface area contributed by atoms with Gasteiger partial charge in [0.25, 0.3) is 5.91 Å². The lowest BCUT2D eigenvalue weighted by atomic mass is 10.0. The van der Waals surface area contributed by atoms with Gasteiger partial charge in [0.2, 0.25) is 0 Å². The minimum Gasteiger partial charge on any atom is -0.359 e. The number of nitrogens with zero attached hydrogens (tertiary/aromatic N) is 2. The van der Waals surface area contributed by atoms with Crippen molar-refractivity contribution in [2.45, 2.75) is 51.4 Å². The number of carbonyl (C=O) groups excluding carboxylic acids is 1. The molecule has 0 aromatic heterocycles. The number of halogens is 3. The summed E-state index contributed by atoms with van der Waals surface area (Å²) < 4.78 is 45.2. The van der Waals surface area contributed by atoms with E-state index in [4.69, 9.17) is 0 Å². The standard InChI is InChI=1S/C19H25F3N4O/c1-10-6-24-7-11(2)26(10)18-15(20)13-9-25(12-4-3-5-23-8-12)19(27)14(13)16(21)17(18)22/h10-12,23-24H,3-9H2,1-2H3. The Hall–Kier alpha value is -1.80. The molecule has 3 unspecified atom stereocenters. The Morgan fingerprint density at radius 2 is 1.67 bits per heavy atom. The van der Waals surface area contributed by atoms with Gasteiger partial charge in [-0.3, -0.25) is 4.79 Å². The summed E-state index contributed by atoms with van der Waals surface area (Å²) in [5.74, 6) is -3.90. The van der Waals surface area contributed by atoms with Crippen LogP contribution >= 0.6 is 0 Å². The molecule has 2 N–H and O–H groups in total. The maximum Gasteiger partial charge on any atom is 0.258 e. The van der Waals surface area contributed by atoms with Crippen LogP contribution in [0.3, 0.4) is 0 Å². The smallest absolute Gasteiger partial charge is 0.258 e. The van der Waals surface area contributed by atoms with E-state index in [-0.39, 0.29) is 35.9 Å². The second-order valence-electron chi connectivity index (χ2n) is 7.84. The molecule has 1 aromatic carbocycles. The van der Waals surface area contributed by atoms with Crippen molar-refractivity contribution in [1.82, 2.24) is 15.5 Å². The molecule has 0 aliphatic carbocycles. The summed E-state index contributed by atoms with van der Waals surface area (Å²) in [7, 11) is 0. The summed E-state index contributed by atoms with van der Waals surface area (Å²) >= 11 is 0. The van der Waals surface area contributed by atoms with Crippen molar-refractivity contribution in [2.24, 2.45) is 0 Å². The first-order valence-corrected chi connectivity index (χ1v) is 9.61. The highest BCUT2D eigenvalue weighted by atomic mass is 19.2. The third-order valence-corrected chi connectivity index (χ3v) is 6.00. The number of fused-ring (bicyclic) bond motifs is 1. The molecule has 5 nitrogen and oxygen atoms in total. The molecule has 8 heteroatoms. The molecular formula is C19H25F3N4O. The third-order valence-electron chi connectivity index (χ3n) is 6.00. The van der Waals surface area contributed by atoms with Crippen molar-refractivity contribution in [3.63, 3.8) is 0 Å². The first-order valence-electron chi connectivity index (χ1n) is 9.61. The van der Waals surface area contributed by atoms with Crippen LogP contribution in [0.15, 0.2) is 0 Å². The molecule has 2 fully saturated rings. The van der Waals surface area contributed by atoms with E-state index in [0.717, 1.165) is 19.4 Å². The fraction of sp³-hybridized carbons (Fsp3) is 0.632. The summed E-state index contributed by atoms with van der Waals surface area (Å²) in [5.41, 5.74) is -0.795. The van der Waals surface area contributed by atoms with Crippen LogP contribution in [0.25, 0.3) is 0 Å². The van der Waals surface area contributed by atoms with Gasteiger partial charge in [0.15, 0.2) is 17.5 Å². The van der Waals surface area contributed by atoms with E-state index in [1.807, 2.05) is 13.8 Å². The summed E-state index contributed by atoms with van der Waals surface area (Å²) in [6.45, 7) is 6.25. The van der Waals surface area contributed by atoms with Crippen molar-refractivity contribution < 1.29 is 18.0 Å². The predicted octanol–water partition coefficient (Wildman–Crippen LogP) is 2.00. The van der Waals surface area contributed by atoms with E-state index in [0.29, 0.717) is 19.6 Å². The van der Waals surface area contributed by atoms with Crippen molar-refractivity contribution in [2.75, 3.05) is 31.1 Å². The Morgan fingerprint density at radius 3 is 2.30 bits per heavy atom. The van der Waals surface area contributed by atoms with E-state index in [9.17, 15) is 13.6 Å². The Balaban J connectivity index is 1.77. The monoisotopic (exact) mass is 382 g/mol. The minimum absolute atomic E-state index is 0.00853. The first kappa shape index (κ1) is 18.6. The molecule has 1 amide bonds. The summed E-state index contributed by atoms with van der Waals surface area (Å²) in [5, 5.41) is 6.40. The number of piperazine rings is 1. The van der Waals surface area contributed by atoms with Crippen LogP contribution in [0.4, 0.5) is 18.9 Å². The second kappa shape index (κ2) is 6.98. The van der Waals surface area contributed by atoms with Crippen molar-refractivity contribution in [3.8, 4) is 0 Å². The minimum atomic E-state index is -1.26. The average Bonchev–Trinajstić information content (AvgIpc) is 3.01. The van der Waals surface area contributed by atoms with Crippen molar-refractivity contribution in [3.05, 3.63) is 28.6 Å². The third kappa shape index (κ3) is 2.89. The van der Waals surface area contributed by atoms with Gasteiger partial charge in [-0.2, -0.15) is 0 Å². The number of nitrogens with one attached hydrogen (secondary N) is 2. The van der Waals surface area contributed by atoms with E-state index < -0.39 is 28.9 Å². The fourth-order valence-corrected chi connectivity index (χ4v) is 4.65. The highest BCUT2D eigenvalue weighted by Crippen LogP contribution is 2.39. The number of piperidine rings is 1. The molecule has 3 aliphatic rings. The van der Waals surface area contributed by atoms with Gasteiger partial charge in [0.1, 0.15) is 5.69 Å². The second-order valence-corrected chi connectivity index (χ2v) is 7.84. The number of anilines is 1. The van der Waals surface area contributed by atoms with Crippen LogP contribution < -0.4 is 15.5 Å². The quantitative estimate of drug-likeness (QED) is 0.769. The molecule has 0 bridgehead atoms. The zero-order valence-electron chi connectivity index (χ0n) is 15.6. The molecule has 3 atom stereocenters. The van der Waals surface area contributed by atoms with E-state index in [2.05, 4.69) is 10.6 Å². The van der Waals surface area contributed by atoms with Crippen LogP contribution in [0.2, 0.25) is 0 Å². The molecule has 0 saturated carbocycles. The van der Waals surface area contributed by atoms with E-state index in [1.54, 1.807) is 4.90 Å². The van der Waals surface area contributed by atoms with Crippen LogP contribution in [0, 0.1) is 17.5 Å². The molecule has 3 aliphatic heterocycles. The first-order chi connectivity index (χ1) is 12.9. The molecule has 148 valence electrons. The lowest BCUT2D eigenvalue weighted by Crippen LogP contribution is -2.56. The number of hydrogen-bond acceptors (Lipinski definition) is 4. The van der Waals surface area contributed by atoms with Gasteiger partial charge in [-0.1, -0.05) is 0 Å². The lowest BCUT2D eigenvalue weighted by Gasteiger charge is -2.41. The van der Waals surface area contributed by atoms with Gasteiger partial charge in [-0.05, 0) is 33.2 Å². The number of amides is 1. The maximum atomic E-state index is 15.4. The van der Waals surface area contributed by atoms with Crippen molar-refractivity contribution >= 4 is 11.6 Å². The van der Waals surface area contributed by atoms with Crippen LogP contribution in [-0.2, 0) is 6.54 Å². The molecule has 2 saturated heterocycles.